The minimum atomic E-state index is -1.70. The van der Waals surface area contributed by atoms with Crippen LogP contribution < -0.4 is 0 Å². The van der Waals surface area contributed by atoms with Gasteiger partial charge in [-0.3, -0.25) is 0 Å². The number of aliphatic hydroxyl groups is 1. The van der Waals surface area contributed by atoms with Gasteiger partial charge in [0, 0.05) is 24.0 Å². The van der Waals surface area contributed by atoms with Crippen LogP contribution in [-0.4, -0.2) is 29.7 Å². The normalized spacial score (nSPS) is 15.3. The molecule has 0 bridgehead atoms. The Bertz CT molecular complexity index is 775. The molecule has 0 aliphatic rings. The highest BCUT2D eigenvalue weighted by Crippen LogP contribution is 2.35. The van der Waals surface area contributed by atoms with Gasteiger partial charge >= 0.3 is 0 Å². The quantitative estimate of drug-likeness (QED) is 0.780. The van der Waals surface area contributed by atoms with Gasteiger partial charge in [-0.1, -0.05) is 6.07 Å². The molecule has 2 atom stereocenters. The number of halogens is 2. The Hall–Kier alpha value is -2.61. The Morgan fingerprint density at radius 1 is 1.22 bits per heavy atom. The minimum Gasteiger partial charge on any atom is -0.381 e. The lowest BCUT2D eigenvalue weighted by Crippen LogP contribution is -2.41. The number of nitrogens with zero attached hydrogens (tertiary/aromatic N) is 5. The Balaban J connectivity index is 2.08. The fourth-order valence-electron chi connectivity index (χ4n) is 2.56. The molecule has 0 radical (unpaired) electrons. The zero-order chi connectivity index (χ0) is 16.4. The molecule has 0 spiro atoms. The van der Waals surface area contributed by atoms with Crippen molar-refractivity contribution in [3.8, 4) is 0 Å². The van der Waals surface area contributed by atoms with Gasteiger partial charge < -0.3 is 9.67 Å². The summed E-state index contributed by atoms with van der Waals surface area (Å²) in [5, 5.41) is 19.3. The van der Waals surface area contributed by atoms with Crippen LogP contribution >= 0.6 is 0 Å². The summed E-state index contributed by atoms with van der Waals surface area (Å²) in [4.78, 5) is 5.21. The highest BCUT2D eigenvalue weighted by atomic mass is 19.1. The van der Waals surface area contributed by atoms with Crippen molar-refractivity contribution in [1.82, 2.24) is 24.5 Å². The molecule has 3 rings (SSSR count). The number of rotatable bonds is 5. The molecule has 0 fully saturated rings. The second-order valence-corrected chi connectivity index (χ2v) is 5.31. The second kappa shape index (κ2) is 5.88. The topological polar surface area (TPSA) is 68.8 Å². The highest BCUT2D eigenvalue weighted by Gasteiger charge is 2.40. The van der Waals surface area contributed by atoms with Crippen molar-refractivity contribution in [1.29, 1.82) is 0 Å². The Labute approximate surface area is 131 Å². The van der Waals surface area contributed by atoms with Crippen LogP contribution in [0.1, 0.15) is 18.5 Å². The van der Waals surface area contributed by atoms with E-state index in [0.29, 0.717) is 0 Å². The van der Waals surface area contributed by atoms with E-state index in [2.05, 4.69) is 15.2 Å². The third-order valence-corrected chi connectivity index (χ3v) is 3.85. The maximum atomic E-state index is 14.3. The summed E-state index contributed by atoms with van der Waals surface area (Å²) in [6.07, 6.45) is 7.65. The first kappa shape index (κ1) is 15.3. The third kappa shape index (κ3) is 2.85. The lowest BCUT2D eigenvalue weighted by molar-refractivity contribution is -0.0386. The van der Waals surface area contributed by atoms with Crippen molar-refractivity contribution >= 4 is 0 Å². The van der Waals surface area contributed by atoms with Crippen molar-refractivity contribution in [2.24, 2.45) is 0 Å². The molecular formula is C15H15F2N5O. The molecule has 0 amide bonds. The maximum Gasteiger partial charge on any atom is 0.134 e. The monoisotopic (exact) mass is 319 g/mol. The molecule has 2 heterocycles. The largest absolute Gasteiger partial charge is 0.381 e. The van der Waals surface area contributed by atoms with E-state index in [0.717, 1.165) is 12.1 Å². The van der Waals surface area contributed by atoms with E-state index < -0.39 is 23.3 Å². The Morgan fingerprint density at radius 3 is 2.57 bits per heavy atom. The number of imidazole rings is 1. The molecule has 0 aliphatic carbocycles. The third-order valence-electron chi connectivity index (χ3n) is 3.85. The van der Waals surface area contributed by atoms with Gasteiger partial charge in [0.2, 0.25) is 0 Å². The van der Waals surface area contributed by atoms with Crippen LogP contribution in [0.2, 0.25) is 0 Å². The van der Waals surface area contributed by atoms with Crippen LogP contribution in [-0.2, 0) is 12.1 Å². The molecule has 2 aromatic heterocycles. The van der Waals surface area contributed by atoms with Crippen molar-refractivity contribution in [3.63, 3.8) is 0 Å². The van der Waals surface area contributed by atoms with Crippen LogP contribution in [0.3, 0.4) is 0 Å². The average molecular weight is 319 g/mol. The van der Waals surface area contributed by atoms with Crippen molar-refractivity contribution in [3.05, 3.63) is 66.5 Å². The lowest BCUT2D eigenvalue weighted by Gasteiger charge is -2.34. The highest BCUT2D eigenvalue weighted by molar-refractivity contribution is 5.26. The van der Waals surface area contributed by atoms with Gasteiger partial charge in [0.1, 0.15) is 23.3 Å². The minimum absolute atomic E-state index is 0.0122. The molecule has 1 aromatic carbocycles. The van der Waals surface area contributed by atoms with Crippen molar-refractivity contribution < 1.29 is 13.9 Å². The van der Waals surface area contributed by atoms with E-state index >= 15 is 0 Å². The molecule has 0 saturated heterocycles. The molecule has 0 aliphatic heterocycles. The first-order valence-corrected chi connectivity index (χ1v) is 7.00. The van der Waals surface area contributed by atoms with Gasteiger partial charge in [-0.15, -0.1) is 0 Å². The van der Waals surface area contributed by atoms with E-state index in [9.17, 15) is 13.9 Å². The SMILES string of the molecule is C[C@@H](n1nccn1)[C@](O)(Cn1ccnc1)c1ccc(F)cc1F. The Kier molecular flexibility index (Phi) is 3.91. The predicted octanol–water partition coefficient (Wildman–Crippen LogP) is 1.90. The maximum absolute atomic E-state index is 14.3. The number of benzene rings is 1. The fraction of sp³-hybridized carbons (Fsp3) is 0.267. The van der Waals surface area contributed by atoms with Crippen molar-refractivity contribution in [2.75, 3.05) is 0 Å². The second-order valence-electron chi connectivity index (χ2n) is 5.31. The number of aromatic nitrogens is 5. The molecule has 0 unspecified atom stereocenters. The summed E-state index contributed by atoms with van der Waals surface area (Å²) in [5.74, 6) is -1.53. The molecule has 120 valence electrons. The molecule has 0 saturated carbocycles. The summed E-state index contributed by atoms with van der Waals surface area (Å²) in [6, 6.07) is 2.40. The molecule has 6 nitrogen and oxygen atoms in total. The summed E-state index contributed by atoms with van der Waals surface area (Å²) in [7, 11) is 0. The first-order valence-electron chi connectivity index (χ1n) is 7.00. The van der Waals surface area contributed by atoms with Gasteiger partial charge in [-0.2, -0.15) is 15.0 Å². The first-order chi connectivity index (χ1) is 11.0. The number of hydrogen-bond acceptors (Lipinski definition) is 4. The van der Waals surface area contributed by atoms with Gasteiger partial charge in [0.15, 0.2) is 0 Å². The van der Waals surface area contributed by atoms with Crippen molar-refractivity contribution in [2.45, 2.75) is 25.1 Å². The van der Waals surface area contributed by atoms with E-state index in [1.165, 1.54) is 29.6 Å². The summed E-state index contributed by atoms with van der Waals surface area (Å²) in [5.41, 5.74) is -1.73. The smallest absolute Gasteiger partial charge is 0.134 e. The van der Waals surface area contributed by atoms with Crippen LogP contribution in [0.15, 0.2) is 49.3 Å². The van der Waals surface area contributed by atoms with E-state index in [1.807, 2.05) is 0 Å². The molecular weight excluding hydrogens is 304 g/mol. The molecule has 3 aromatic rings. The van der Waals surface area contributed by atoms with Crippen LogP contribution in [0.25, 0.3) is 0 Å². The summed E-state index contributed by atoms with van der Waals surface area (Å²) < 4.78 is 29.1. The Morgan fingerprint density at radius 2 is 1.96 bits per heavy atom. The lowest BCUT2D eigenvalue weighted by atomic mass is 9.86. The summed E-state index contributed by atoms with van der Waals surface area (Å²) in [6.45, 7) is 1.68. The summed E-state index contributed by atoms with van der Waals surface area (Å²) >= 11 is 0. The van der Waals surface area contributed by atoms with Gasteiger partial charge in [-0.25, -0.2) is 13.8 Å². The zero-order valence-electron chi connectivity index (χ0n) is 12.3. The fourth-order valence-corrected chi connectivity index (χ4v) is 2.56. The van der Waals surface area contributed by atoms with E-state index in [4.69, 9.17) is 0 Å². The van der Waals surface area contributed by atoms with Crippen LogP contribution in [0.5, 0.6) is 0 Å². The molecule has 23 heavy (non-hydrogen) atoms. The zero-order valence-corrected chi connectivity index (χ0v) is 12.3. The predicted molar refractivity (Wildman–Crippen MR) is 77.2 cm³/mol. The van der Waals surface area contributed by atoms with Gasteiger partial charge in [0.25, 0.3) is 0 Å². The van der Waals surface area contributed by atoms with E-state index in [-0.39, 0.29) is 12.1 Å². The molecule has 1 N–H and O–H groups in total. The van der Waals surface area contributed by atoms with E-state index in [1.54, 1.807) is 23.9 Å². The molecule has 8 heteroatoms. The van der Waals surface area contributed by atoms with Crippen LogP contribution in [0, 0.1) is 11.6 Å². The van der Waals surface area contributed by atoms with Gasteiger partial charge in [-0.05, 0) is 13.0 Å². The number of hydrogen-bond donors (Lipinski definition) is 1. The van der Waals surface area contributed by atoms with Gasteiger partial charge in [0.05, 0.1) is 25.3 Å². The average Bonchev–Trinajstić information content (AvgIpc) is 3.19. The van der Waals surface area contributed by atoms with Crippen LogP contribution in [0.4, 0.5) is 8.78 Å². The standard InChI is InChI=1S/C15H15F2N5O/c1-11(22-19-4-5-20-22)15(23,9-21-7-6-18-10-21)13-3-2-12(16)8-14(13)17/h2-8,10-11,23H,9H2,1H3/t11-,15-/m1/s1.